The molecule has 0 fully saturated rings. The number of hydrogen-bond acceptors (Lipinski definition) is 7. The normalized spacial score (nSPS) is 12.6. The molecule has 0 saturated heterocycles. The molecule has 3 aromatic carbocycles. The minimum Gasteiger partial charge on any atom is -0.493 e. The second-order valence-electron chi connectivity index (χ2n) is 6.96. The maximum absolute atomic E-state index is 5.89. The molecule has 0 amide bonds. The number of nitrogens with zero attached hydrogens (tertiary/aromatic N) is 4. The third-order valence-corrected chi connectivity index (χ3v) is 5.91. The Morgan fingerprint density at radius 1 is 0.781 bits per heavy atom. The van der Waals surface area contributed by atoms with Crippen LogP contribution in [0.5, 0.6) is 23.0 Å². The van der Waals surface area contributed by atoms with Crippen LogP contribution in [0, 0.1) is 0 Å². The average molecular weight is 445 g/mol. The number of methoxy groups -OCH3 is 2. The second kappa shape index (κ2) is 8.76. The zero-order valence-corrected chi connectivity index (χ0v) is 18.4. The van der Waals surface area contributed by atoms with Gasteiger partial charge in [-0.1, -0.05) is 30.0 Å². The van der Waals surface area contributed by atoms with Crippen LogP contribution >= 0.6 is 11.8 Å². The highest BCUT2D eigenvalue weighted by atomic mass is 32.2. The highest BCUT2D eigenvalue weighted by Crippen LogP contribution is 2.34. The topological polar surface area (TPSA) is 70.8 Å². The Kier molecular flexibility index (Phi) is 5.51. The van der Waals surface area contributed by atoms with Crippen LogP contribution < -0.4 is 14.2 Å². The SMILES string of the molecule is COc1ccc(-c2nnc3n2N=C(c2ccc(Oc4ccccc4)cc2)CS3)cc1OC. The Bertz CT molecular complexity index is 1270. The third kappa shape index (κ3) is 3.92. The Hall–Kier alpha value is -3.78. The summed E-state index contributed by atoms with van der Waals surface area (Å²) in [4.78, 5) is 0. The summed E-state index contributed by atoms with van der Waals surface area (Å²) in [6.07, 6.45) is 0. The van der Waals surface area contributed by atoms with Crippen molar-refractivity contribution in [1.82, 2.24) is 14.9 Å². The molecule has 5 rings (SSSR count). The van der Waals surface area contributed by atoms with Crippen molar-refractivity contribution in [2.75, 3.05) is 20.0 Å². The number of aromatic nitrogens is 3. The van der Waals surface area contributed by atoms with Gasteiger partial charge in [-0.3, -0.25) is 0 Å². The van der Waals surface area contributed by atoms with Crippen molar-refractivity contribution in [2.45, 2.75) is 5.16 Å². The van der Waals surface area contributed by atoms with E-state index in [1.54, 1.807) is 30.7 Å². The molecular formula is C24H20N4O3S. The Morgan fingerprint density at radius 2 is 1.50 bits per heavy atom. The van der Waals surface area contributed by atoms with Crippen LogP contribution in [-0.4, -0.2) is 40.6 Å². The molecule has 0 bridgehead atoms. The summed E-state index contributed by atoms with van der Waals surface area (Å²) in [6, 6.07) is 23.3. The second-order valence-corrected chi connectivity index (χ2v) is 7.91. The van der Waals surface area contributed by atoms with E-state index in [2.05, 4.69) is 10.2 Å². The zero-order valence-electron chi connectivity index (χ0n) is 17.6. The summed E-state index contributed by atoms with van der Waals surface area (Å²) >= 11 is 1.60. The van der Waals surface area contributed by atoms with Crippen molar-refractivity contribution < 1.29 is 14.2 Å². The van der Waals surface area contributed by atoms with E-state index in [-0.39, 0.29) is 0 Å². The number of fused-ring (bicyclic) bond motifs is 1. The van der Waals surface area contributed by atoms with Crippen LogP contribution in [0.3, 0.4) is 0 Å². The molecule has 32 heavy (non-hydrogen) atoms. The summed E-state index contributed by atoms with van der Waals surface area (Å²) in [7, 11) is 3.22. The lowest BCUT2D eigenvalue weighted by Crippen LogP contribution is -2.13. The van der Waals surface area contributed by atoms with Gasteiger partial charge in [0.2, 0.25) is 5.16 Å². The van der Waals surface area contributed by atoms with E-state index in [1.165, 1.54) is 0 Å². The summed E-state index contributed by atoms with van der Waals surface area (Å²) in [5, 5.41) is 14.2. The zero-order chi connectivity index (χ0) is 21.9. The van der Waals surface area contributed by atoms with E-state index in [4.69, 9.17) is 19.3 Å². The summed E-state index contributed by atoms with van der Waals surface area (Å²) in [5.74, 6) is 4.23. The summed E-state index contributed by atoms with van der Waals surface area (Å²) in [6.45, 7) is 0. The monoisotopic (exact) mass is 444 g/mol. The van der Waals surface area contributed by atoms with Gasteiger partial charge in [0.05, 0.1) is 19.9 Å². The van der Waals surface area contributed by atoms with Gasteiger partial charge in [0, 0.05) is 11.3 Å². The van der Waals surface area contributed by atoms with Crippen LogP contribution in [0.15, 0.2) is 83.1 Å². The molecule has 0 atom stereocenters. The predicted octanol–water partition coefficient (Wildman–Crippen LogP) is 5.11. The van der Waals surface area contributed by atoms with E-state index in [9.17, 15) is 0 Å². The summed E-state index contributed by atoms with van der Waals surface area (Å²) in [5.41, 5.74) is 2.81. The van der Waals surface area contributed by atoms with Gasteiger partial charge < -0.3 is 14.2 Å². The molecule has 1 aliphatic rings. The van der Waals surface area contributed by atoms with Gasteiger partial charge in [0.15, 0.2) is 17.3 Å². The smallest absolute Gasteiger partial charge is 0.212 e. The molecule has 0 aliphatic carbocycles. The molecule has 8 heteroatoms. The molecular weight excluding hydrogens is 424 g/mol. The number of benzene rings is 3. The Labute approximate surface area is 189 Å². The van der Waals surface area contributed by atoms with Crippen molar-refractivity contribution in [3.05, 3.63) is 78.4 Å². The molecule has 0 saturated carbocycles. The lowest BCUT2D eigenvalue weighted by molar-refractivity contribution is 0.355. The third-order valence-electron chi connectivity index (χ3n) is 4.98. The van der Waals surface area contributed by atoms with Gasteiger partial charge in [-0.2, -0.15) is 9.78 Å². The summed E-state index contributed by atoms with van der Waals surface area (Å²) < 4.78 is 18.4. The molecule has 1 aromatic heterocycles. The van der Waals surface area contributed by atoms with Crippen LogP contribution in [0.4, 0.5) is 0 Å². The number of rotatable bonds is 6. The lowest BCUT2D eigenvalue weighted by Gasteiger charge is -2.15. The molecule has 0 radical (unpaired) electrons. The highest BCUT2D eigenvalue weighted by Gasteiger charge is 2.21. The van der Waals surface area contributed by atoms with E-state index >= 15 is 0 Å². The lowest BCUT2D eigenvalue weighted by atomic mass is 10.1. The van der Waals surface area contributed by atoms with Crippen molar-refractivity contribution in [2.24, 2.45) is 5.10 Å². The molecule has 2 heterocycles. The van der Waals surface area contributed by atoms with Gasteiger partial charge in [-0.25, -0.2) is 0 Å². The number of ether oxygens (including phenoxy) is 3. The fraction of sp³-hybridized carbons (Fsp3) is 0.125. The maximum atomic E-state index is 5.89. The van der Waals surface area contributed by atoms with Crippen LogP contribution in [0.2, 0.25) is 0 Å². The standard InChI is InChI=1S/C24H20N4O3S/c1-29-21-13-10-17(14-22(21)30-2)23-25-26-24-28(23)27-20(15-32-24)16-8-11-19(12-9-16)31-18-6-4-3-5-7-18/h3-14H,15H2,1-2H3. The van der Waals surface area contributed by atoms with Crippen LogP contribution in [0.25, 0.3) is 11.4 Å². The molecule has 0 unspecified atom stereocenters. The molecule has 0 spiro atoms. The van der Waals surface area contributed by atoms with Gasteiger partial charge in [-0.05, 0) is 60.2 Å². The van der Waals surface area contributed by atoms with Gasteiger partial charge in [-0.15, -0.1) is 10.2 Å². The number of hydrogen-bond donors (Lipinski definition) is 0. The van der Waals surface area contributed by atoms with E-state index in [0.29, 0.717) is 23.1 Å². The minimum atomic E-state index is 0.629. The quantitative estimate of drug-likeness (QED) is 0.411. The fourth-order valence-corrected chi connectivity index (χ4v) is 4.20. The van der Waals surface area contributed by atoms with Crippen LogP contribution in [-0.2, 0) is 0 Å². The highest BCUT2D eigenvalue weighted by molar-refractivity contribution is 7.99. The van der Waals surface area contributed by atoms with Crippen molar-refractivity contribution in [3.8, 4) is 34.4 Å². The molecule has 4 aromatic rings. The van der Waals surface area contributed by atoms with E-state index < -0.39 is 0 Å². The van der Waals surface area contributed by atoms with Crippen molar-refractivity contribution >= 4 is 17.5 Å². The van der Waals surface area contributed by atoms with Crippen LogP contribution in [0.1, 0.15) is 5.56 Å². The van der Waals surface area contributed by atoms with Crippen molar-refractivity contribution in [1.29, 1.82) is 0 Å². The molecule has 160 valence electrons. The first-order valence-electron chi connectivity index (χ1n) is 9.97. The first-order valence-corrected chi connectivity index (χ1v) is 11.0. The number of thioether (sulfide) groups is 1. The van der Waals surface area contributed by atoms with Gasteiger partial charge >= 0.3 is 0 Å². The first kappa shape index (κ1) is 20.1. The fourth-order valence-electron chi connectivity index (χ4n) is 3.36. The van der Waals surface area contributed by atoms with Gasteiger partial charge in [0.1, 0.15) is 11.5 Å². The van der Waals surface area contributed by atoms with E-state index in [1.807, 2.05) is 72.8 Å². The maximum Gasteiger partial charge on any atom is 0.212 e. The Balaban J connectivity index is 1.43. The minimum absolute atomic E-state index is 0.629. The van der Waals surface area contributed by atoms with Crippen molar-refractivity contribution in [3.63, 3.8) is 0 Å². The first-order chi connectivity index (χ1) is 15.7. The Morgan fingerprint density at radius 3 is 2.25 bits per heavy atom. The largest absolute Gasteiger partial charge is 0.493 e. The average Bonchev–Trinajstić information content (AvgIpc) is 3.28. The van der Waals surface area contributed by atoms with E-state index in [0.717, 1.165) is 33.5 Å². The predicted molar refractivity (Wildman–Crippen MR) is 124 cm³/mol. The molecule has 7 nitrogen and oxygen atoms in total. The molecule has 0 N–H and O–H groups in total. The van der Waals surface area contributed by atoms with Gasteiger partial charge in [0.25, 0.3) is 0 Å². The molecule has 1 aliphatic heterocycles. The number of para-hydroxylation sites is 1.